The molecular weight excluding hydrogens is 142 g/mol. The van der Waals surface area contributed by atoms with E-state index in [9.17, 15) is 0 Å². The van der Waals surface area contributed by atoms with Gasteiger partial charge < -0.3 is 5.11 Å². The highest BCUT2D eigenvalue weighted by Crippen LogP contribution is 2.03. The molecule has 0 bridgehead atoms. The van der Waals surface area contributed by atoms with Crippen molar-refractivity contribution in [3.8, 4) is 6.07 Å². The lowest BCUT2D eigenvalue weighted by molar-refractivity contribution is 0.508. The second kappa shape index (κ2) is 3.32. The third kappa shape index (κ3) is 1.76. The molecule has 0 aromatic carbocycles. The van der Waals surface area contributed by atoms with E-state index in [0.717, 1.165) is 6.08 Å². The van der Waals surface area contributed by atoms with Crippen molar-refractivity contribution in [1.29, 1.82) is 5.26 Å². The van der Waals surface area contributed by atoms with Crippen molar-refractivity contribution in [2.75, 3.05) is 0 Å². The van der Waals surface area contributed by atoms with Crippen LogP contribution < -0.4 is 0 Å². The number of nitrogens with zero attached hydrogens (tertiary/aromatic N) is 3. The summed E-state index contributed by atoms with van der Waals surface area (Å²) in [4.78, 5) is 7.37. The number of nitriles is 1. The van der Waals surface area contributed by atoms with Crippen molar-refractivity contribution in [2.24, 2.45) is 0 Å². The van der Waals surface area contributed by atoms with Crippen LogP contribution in [-0.4, -0.2) is 15.1 Å². The molecule has 0 fully saturated rings. The maximum absolute atomic E-state index is 9.07. The fourth-order valence-corrected chi connectivity index (χ4v) is 0.577. The number of rotatable bonds is 1. The van der Waals surface area contributed by atoms with Crippen molar-refractivity contribution in [2.45, 2.75) is 0 Å². The number of aromatic nitrogens is 2. The predicted octanol–water partition coefficient (Wildman–Crippen LogP) is 0.899. The minimum absolute atomic E-state index is 0.144. The van der Waals surface area contributed by atoms with Crippen molar-refractivity contribution in [3.63, 3.8) is 0 Å². The summed E-state index contributed by atoms with van der Waals surface area (Å²) in [5, 5.41) is 17.2. The van der Waals surface area contributed by atoms with Crippen LogP contribution in [0.15, 0.2) is 24.7 Å². The zero-order valence-corrected chi connectivity index (χ0v) is 5.60. The maximum Gasteiger partial charge on any atom is 0.151 e. The second-order valence-corrected chi connectivity index (χ2v) is 1.75. The molecule has 1 aromatic heterocycles. The highest BCUT2D eigenvalue weighted by atomic mass is 16.3. The Morgan fingerprint density at radius 2 is 2.55 bits per heavy atom. The monoisotopic (exact) mass is 147 g/mol. The van der Waals surface area contributed by atoms with E-state index < -0.39 is 0 Å². The summed E-state index contributed by atoms with van der Waals surface area (Å²) in [6, 6.07) is 3.21. The molecule has 0 amide bonds. The minimum Gasteiger partial charge on any atom is -0.505 e. The van der Waals surface area contributed by atoms with Crippen LogP contribution in [0, 0.1) is 11.3 Å². The van der Waals surface area contributed by atoms with E-state index in [2.05, 4.69) is 9.97 Å². The number of aliphatic hydroxyl groups is 1. The van der Waals surface area contributed by atoms with Gasteiger partial charge >= 0.3 is 0 Å². The lowest BCUT2D eigenvalue weighted by atomic mass is 10.3. The summed E-state index contributed by atoms with van der Waals surface area (Å²) >= 11 is 0. The number of aliphatic hydroxyl groups excluding tert-OH is 1. The highest BCUT2D eigenvalue weighted by Gasteiger charge is 1.96. The van der Waals surface area contributed by atoms with Gasteiger partial charge in [0.25, 0.3) is 0 Å². The maximum atomic E-state index is 9.07. The molecule has 0 unspecified atom stereocenters. The van der Waals surface area contributed by atoms with E-state index in [1.807, 2.05) is 0 Å². The first-order valence-electron chi connectivity index (χ1n) is 2.89. The zero-order valence-electron chi connectivity index (χ0n) is 5.60. The first-order valence-corrected chi connectivity index (χ1v) is 2.89. The standard InChI is InChI=1S/C7H5N3O/c8-3-1-7(11)6-2-4-9-5-10-6/h1-2,4-5,11H/b7-1-. The average molecular weight is 147 g/mol. The van der Waals surface area contributed by atoms with Crippen LogP contribution in [-0.2, 0) is 0 Å². The fourth-order valence-electron chi connectivity index (χ4n) is 0.577. The molecule has 0 radical (unpaired) electrons. The van der Waals surface area contributed by atoms with Crippen molar-refractivity contribution in [3.05, 3.63) is 30.4 Å². The van der Waals surface area contributed by atoms with Crippen LogP contribution in [0.5, 0.6) is 0 Å². The fraction of sp³-hybridized carbons (Fsp3) is 0. The number of hydrogen-bond donors (Lipinski definition) is 1. The van der Waals surface area contributed by atoms with E-state index in [4.69, 9.17) is 10.4 Å². The minimum atomic E-state index is -0.144. The zero-order chi connectivity index (χ0) is 8.10. The number of hydrogen-bond acceptors (Lipinski definition) is 4. The lowest BCUT2D eigenvalue weighted by Gasteiger charge is -1.93. The van der Waals surface area contributed by atoms with E-state index in [0.29, 0.717) is 5.69 Å². The van der Waals surface area contributed by atoms with Gasteiger partial charge in [0.2, 0.25) is 0 Å². The number of allylic oxidation sites excluding steroid dienone is 1. The molecule has 54 valence electrons. The predicted molar refractivity (Wildman–Crippen MR) is 38.3 cm³/mol. The van der Waals surface area contributed by atoms with E-state index in [1.165, 1.54) is 18.6 Å². The smallest absolute Gasteiger partial charge is 0.151 e. The summed E-state index contributed by atoms with van der Waals surface area (Å²) in [5.41, 5.74) is 0.349. The Bertz CT molecular complexity index is 299. The van der Waals surface area contributed by atoms with Gasteiger partial charge in [-0.3, -0.25) is 0 Å². The molecule has 4 nitrogen and oxygen atoms in total. The van der Waals surface area contributed by atoms with Crippen LogP contribution >= 0.6 is 0 Å². The molecule has 0 spiro atoms. The van der Waals surface area contributed by atoms with Gasteiger partial charge in [0, 0.05) is 6.20 Å². The normalized spacial score (nSPS) is 10.6. The van der Waals surface area contributed by atoms with E-state index in [-0.39, 0.29) is 5.76 Å². The van der Waals surface area contributed by atoms with Crippen LogP contribution in [0.3, 0.4) is 0 Å². The van der Waals surface area contributed by atoms with Crippen molar-refractivity contribution < 1.29 is 5.11 Å². The summed E-state index contributed by atoms with van der Waals surface area (Å²) in [6.45, 7) is 0. The van der Waals surface area contributed by atoms with Crippen LogP contribution in [0.1, 0.15) is 5.69 Å². The van der Waals surface area contributed by atoms with E-state index in [1.54, 1.807) is 6.07 Å². The van der Waals surface area contributed by atoms with Gasteiger partial charge in [0.1, 0.15) is 12.0 Å². The summed E-state index contributed by atoms with van der Waals surface area (Å²) in [6.07, 6.45) is 3.81. The quantitative estimate of drug-likeness (QED) is 0.473. The average Bonchev–Trinajstić information content (AvgIpc) is 2.07. The Morgan fingerprint density at radius 1 is 1.73 bits per heavy atom. The topological polar surface area (TPSA) is 69.8 Å². The molecule has 1 heterocycles. The molecule has 1 rings (SSSR count). The van der Waals surface area contributed by atoms with Gasteiger partial charge in [-0.15, -0.1) is 0 Å². The second-order valence-electron chi connectivity index (χ2n) is 1.75. The Labute approximate surface area is 63.5 Å². The van der Waals surface area contributed by atoms with Crippen LogP contribution in [0.4, 0.5) is 0 Å². The Morgan fingerprint density at radius 3 is 3.09 bits per heavy atom. The summed E-state index contributed by atoms with van der Waals surface area (Å²) < 4.78 is 0. The van der Waals surface area contributed by atoms with Crippen molar-refractivity contribution in [1.82, 2.24) is 9.97 Å². The van der Waals surface area contributed by atoms with Gasteiger partial charge in [0.05, 0.1) is 12.1 Å². The molecule has 0 aliphatic heterocycles. The molecule has 0 saturated carbocycles. The Balaban J connectivity index is 2.96. The molecule has 4 heteroatoms. The lowest BCUT2D eigenvalue weighted by Crippen LogP contribution is -1.87. The Hall–Kier alpha value is -1.89. The van der Waals surface area contributed by atoms with Gasteiger partial charge in [-0.25, -0.2) is 9.97 Å². The third-order valence-corrected chi connectivity index (χ3v) is 1.05. The Kier molecular flexibility index (Phi) is 2.18. The summed E-state index contributed by atoms with van der Waals surface area (Å²) in [7, 11) is 0. The highest BCUT2D eigenvalue weighted by molar-refractivity contribution is 5.56. The van der Waals surface area contributed by atoms with Crippen LogP contribution in [0.2, 0.25) is 0 Å². The first kappa shape index (κ1) is 7.22. The summed E-state index contributed by atoms with van der Waals surface area (Å²) in [5.74, 6) is -0.144. The molecule has 0 saturated heterocycles. The van der Waals surface area contributed by atoms with Gasteiger partial charge in [-0.1, -0.05) is 0 Å². The molecular formula is C7H5N3O. The largest absolute Gasteiger partial charge is 0.505 e. The van der Waals surface area contributed by atoms with Gasteiger partial charge in [-0.2, -0.15) is 5.26 Å². The molecule has 0 atom stereocenters. The van der Waals surface area contributed by atoms with Gasteiger partial charge in [0.15, 0.2) is 5.76 Å². The molecule has 0 aliphatic rings. The SMILES string of the molecule is N#C/C=C(\O)c1ccncn1. The first-order chi connectivity index (χ1) is 5.34. The van der Waals surface area contributed by atoms with Crippen molar-refractivity contribution >= 4 is 5.76 Å². The molecule has 1 N–H and O–H groups in total. The molecule has 11 heavy (non-hydrogen) atoms. The molecule has 0 aliphatic carbocycles. The van der Waals surface area contributed by atoms with E-state index >= 15 is 0 Å². The molecule has 1 aromatic rings. The van der Waals surface area contributed by atoms with Gasteiger partial charge in [-0.05, 0) is 6.07 Å². The third-order valence-electron chi connectivity index (χ3n) is 1.05. The van der Waals surface area contributed by atoms with Crippen LogP contribution in [0.25, 0.3) is 5.76 Å².